The van der Waals surface area contributed by atoms with Crippen molar-refractivity contribution >= 4 is 8.53 Å². The van der Waals surface area contributed by atoms with E-state index in [-0.39, 0.29) is 18.2 Å². The molecule has 10 heteroatoms. The summed E-state index contributed by atoms with van der Waals surface area (Å²) >= 11 is 0. The summed E-state index contributed by atoms with van der Waals surface area (Å²) in [5.41, 5.74) is -0.909. The zero-order valence-corrected chi connectivity index (χ0v) is 17.7. The molecule has 3 atom stereocenters. The third kappa shape index (κ3) is 6.23. The van der Waals surface area contributed by atoms with E-state index in [0.717, 1.165) is 6.42 Å². The highest BCUT2D eigenvalue weighted by Gasteiger charge is 2.31. The van der Waals surface area contributed by atoms with E-state index < -0.39 is 26.0 Å². The Bertz CT molecular complexity index is 764. The SMILES string of the molecule is CC(C)N(C(C)C)P(OCCC#N)OCC1CCC(n2ccc(=O)[nH]c2=O)O1. The second-order valence-electron chi connectivity index (χ2n) is 7.15. The van der Waals surface area contributed by atoms with Gasteiger partial charge in [0.25, 0.3) is 14.1 Å². The van der Waals surface area contributed by atoms with Crippen LogP contribution in [0.3, 0.4) is 0 Å². The van der Waals surface area contributed by atoms with Crippen molar-refractivity contribution in [1.29, 1.82) is 5.26 Å². The number of hydrogen-bond donors (Lipinski definition) is 1. The van der Waals surface area contributed by atoms with Gasteiger partial charge in [0.1, 0.15) is 6.23 Å². The molecule has 0 saturated carbocycles. The minimum Gasteiger partial charge on any atom is -0.352 e. The maximum absolute atomic E-state index is 11.9. The average Bonchev–Trinajstić information content (AvgIpc) is 3.07. The highest BCUT2D eigenvalue weighted by Crippen LogP contribution is 2.46. The first-order valence-electron chi connectivity index (χ1n) is 9.51. The molecule has 1 aliphatic heterocycles. The Hall–Kier alpha value is -1.56. The molecular weight excluding hydrogens is 383 g/mol. The van der Waals surface area contributed by atoms with E-state index in [4.69, 9.17) is 19.0 Å². The molecule has 156 valence electrons. The van der Waals surface area contributed by atoms with Crippen LogP contribution in [0.25, 0.3) is 0 Å². The van der Waals surface area contributed by atoms with Crippen molar-refractivity contribution in [3.05, 3.63) is 33.1 Å². The number of aromatic amines is 1. The zero-order valence-electron chi connectivity index (χ0n) is 16.8. The van der Waals surface area contributed by atoms with E-state index >= 15 is 0 Å². The molecule has 2 rings (SSSR count). The number of ether oxygens (including phenoxy) is 1. The molecule has 1 aromatic heterocycles. The van der Waals surface area contributed by atoms with E-state index in [9.17, 15) is 9.59 Å². The molecule has 3 unspecified atom stereocenters. The lowest BCUT2D eigenvalue weighted by atomic mass is 10.2. The van der Waals surface area contributed by atoms with Crippen LogP contribution in [0.1, 0.15) is 53.2 Å². The minimum atomic E-state index is -1.32. The van der Waals surface area contributed by atoms with Gasteiger partial charge in [0.15, 0.2) is 0 Å². The Morgan fingerprint density at radius 2 is 2.04 bits per heavy atom. The van der Waals surface area contributed by atoms with Crippen LogP contribution in [0.15, 0.2) is 21.9 Å². The number of nitrogens with zero attached hydrogens (tertiary/aromatic N) is 3. The molecule has 0 aliphatic carbocycles. The first kappa shape index (κ1) is 22.7. The highest BCUT2D eigenvalue weighted by atomic mass is 31.2. The molecule has 0 bridgehead atoms. The van der Waals surface area contributed by atoms with Gasteiger partial charge in [0.2, 0.25) is 0 Å². The fourth-order valence-corrected chi connectivity index (χ4v) is 4.77. The molecule has 1 aliphatic rings. The molecule has 0 amide bonds. The zero-order chi connectivity index (χ0) is 20.7. The average molecular weight is 412 g/mol. The molecule has 1 aromatic rings. The normalized spacial score (nSPS) is 20.8. The Morgan fingerprint density at radius 1 is 1.32 bits per heavy atom. The monoisotopic (exact) mass is 412 g/mol. The topological polar surface area (TPSA) is 110 Å². The van der Waals surface area contributed by atoms with Gasteiger partial charge in [-0.3, -0.25) is 14.3 Å². The molecule has 0 radical (unpaired) electrons. The maximum Gasteiger partial charge on any atom is 0.330 e. The van der Waals surface area contributed by atoms with E-state index in [1.807, 2.05) is 0 Å². The summed E-state index contributed by atoms with van der Waals surface area (Å²) in [4.78, 5) is 25.4. The van der Waals surface area contributed by atoms with Gasteiger partial charge < -0.3 is 13.8 Å². The predicted octanol–water partition coefficient (Wildman–Crippen LogP) is 2.51. The number of H-pyrrole nitrogens is 1. The van der Waals surface area contributed by atoms with Gasteiger partial charge in [-0.1, -0.05) is 0 Å². The van der Waals surface area contributed by atoms with Gasteiger partial charge in [-0.2, -0.15) is 5.26 Å². The number of nitrogens with one attached hydrogen (secondary N) is 1. The van der Waals surface area contributed by atoms with Crippen molar-refractivity contribution in [1.82, 2.24) is 14.2 Å². The predicted molar refractivity (Wildman–Crippen MR) is 106 cm³/mol. The van der Waals surface area contributed by atoms with Crippen molar-refractivity contribution < 1.29 is 13.8 Å². The lowest BCUT2D eigenvalue weighted by molar-refractivity contribution is -0.0226. The van der Waals surface area contributed by atoms with Gasteiger partial charge in [0.05, 0.1) is 31.8 Å². The van der Waals surface area contributed by atoms with Crippen LogP contribution < -0.4 is 11.2 Å². The molecule has 9 nitrogen and oxygen atoms in total. The standard InChI is InChI=1S/C18H29N4O5P/c1-13(2)22(14(3)4)28(25-11-5-9-19)26-12-15-6-7-17(27-15)21-10-8-16(23)20-18(21)24/h8,10,13-15,17H,5-7,11-12H2,1-4H3,(H,20,23,24). The molecule has 2 heterocycles. The Labute approximate surface area is 166 Å². The Morgan fingerprint density at radius 3 is 2.64 bits per heavy atom. The second kappa shape index (κ2) is 10.8. The molecule has 0 aromatic carbocycles. The smallest absolute Gasteiger partial charge is 0.330 e. The van der Waals surface area contributed by atoms with Crippen LogP contribution in [0.5, 0.6) is 0 Å². The van der Waals surface area contributed by atoms with Gasteiger partial charge in [-0.15, -0.1) is 0 Å². The minimum absolute atomic E-state index is 0.172. The van der Waals surface area contributed by atoms with Gasteiger partial charge in [0, 0.05) is 24.3 Å². The summed E-state index contributed by atoms with van der Waals surface area (Å²) in [6.07, 6.45) is 2.56. The fourth-order valence-electron chi connectivity index (χ4n) is 3.13. The molecule has 1 N–H and O–H groups in total. The molecule has 0 spiro atoms. The molecule has 1 fully saturated rings. The summed E-state index contributed by atoms with van der Waals surface area (Å²) in [6.45, 7) is 8.98. The van der Waals surface area contributed by atoms with E-state index in [1.54, 1.807) is 0 Å². The van der Waals surface area contributed by atoms with E-state index in [1.165, 1.54) is 16.8 Å². The molecular formula is C18H29N4O5P. The van der Waals surface area contributed by atoms with Crippen molar-refractivity contribution in [2.45, 2.75) is 71.4 Å². The Kier molecular flexibility index (Phi) is 8.80. The van der Waals surface area contributed by atoms with Crippen LogP contribution in [0.2, 0.25) is 0 Å². The number of aromatic nitrogens is 2. The van der Waals surface area contributed by atoms with Gasteiger partial charge in [-0.25, -0.2) is 9.46 Å². The molecule has 28 heavy (non-hydrogen) atoms. The third-order valence-corrected chi connectivity index (χ3v) is 6.35. The second-order valence-corrected chi connectivity index (χ2v) is 8.60. The van der Waals surface area contributed by atoms with Crippen LogP contribution in [-0.2, 0) is 13.8 Å². The quantitative estimate of drug-likeness (QED) is 0.464. The Balaban J connectivity index is 1.97. The van der Waals surface area contributed by atoms with Gasteiger partial charge in [-0.05, 0) is 40.5 Å². The lowest BCUT2D eigenvalue weighted by Gasteiger charge is -2.36. The van der Waals surface area contributed by atoms with E-state index in [0.29, 0.717) is 26.1 Å². The van der Waals surface area contributed by atoms with E-state index in [2.05, 4.69) is 43.4 Å². The number of hydrogen-bond acceptors (Lipinski definition) is 7. The number of nitriles is 1. The van der Waals surface area contributed by atoms with Crippen LogP contribution in [0.4, 0.5) is 0 Å². The lowest BCUT2D eigenvalue weighted by Crippen LogP contribution is -2.34. The highest BCUT2D eigenvalue weighted by molar-refractivity contribution is 7.44. The largest absolute Gasteiger partial charge is 0.352 e. The summed E-state index contributed by atoms with van der Waals surface area (Å²) in [6, 6.07) is 3.84. The number of rotatable bonds is 10. The van der Waals surface area contributed by atoms with Gasteiger partial charge >= 0.3 is 5.69 Å². The van der Waals surface area contributed by atoms with Crippen molar-refractivity contribution in [2.75, 3.05) is 13.2 Å². The van der Waals surface area contributed by atoms with Crippen molar-refractivity contribution in [2.24, 2.45) is 0 Å². The van der Waals surface area contributed by atoms with Crippen LogP contribution in [-0.4, -0.2) is 45.6 Å². The van der Waals surface area contributed by atoms with Crippen LogP contribution >= 0.6 is 8.53 Å². The van der Waals surface area contributed by atoms with Crippen LogP contribution in [0, 0.1) is 11.3 Å². The maximum atomic E-state index is 11.9. The van der Waals surface area contributed by atoms with Crippen molar-refractivity contribution in [3.63, 3.8) is 0 Å². The third-order valence-electron chi connectivity index (χ3n) is 4.28. The summed E-state index contributed by atoms with van der Waals surface area (Å²) < 4.78 is 21.4. The summed E-state index contributed by atoms with van der Waals surface area (Å²) in [5.74, 6) is 0. The molecule has 1 saturated heterocycles. The summed E-state index contributed by atoms with van der Waals surface area (Å²) in [7, 11) is -1.32. The van der Waals surface area contributed by atoms with Crippen molar-refractivity contribution in [3.8, 4) is 6.07 Å². The summed E-state index contributed by atoms with van der Waals surface area (Å²) in [5, 5.41) is 8.77. The first-order chi connectivity index (χ1) is 13.3. The first-order valence-corrected chi connectivity index (χ1v) is 10.6. The fraction of sp³-hybridized carbons (Fsp3) is 0.722.